The molecule has 1 fully saturated rings. The van der Waals surface area contributed by atoms with Crippen LogP contribution < -0.4 is 11.1 Å². The predicted octanol–water partition coefficient (Wildman–Crippen LogP) is 1.79. The van der Waals surface area contributed by atoms with E-state index in [4.69, 9.17) is 5.73 Å². The van der Waals surface area contributed by atoms with E-state index in [1.165, 1.54) is 6.42 Å². The summed E-state index contributed by atoms with van der Waals surface area (Å²) in [6.07, 6.45) is 3.42. The fourth-order valence-electron chi connectivity index (χ4n) is 2.34. The number of carbonyl (C=O) groups excluding carboxylic acids is 1. The molecular weight excluding hydrogens is 240 g/mol. The summed E-state index contributed by atoms with van der Waals surface area (Å²) in [4.78, 5) is 18.6. The Morgan fingerprint density at radius 1 is 1.37 bits per heavy atom. The molecule has 2 rings (SSSR count). The van der Waals surface area contributed by atoms with E-state index in [2.05, 4.69) is 10.3 Å². The summed E-state index contributed by atoms with van der Waals surface area (Å²) in [5.41, 5.74) is 7.32. The number of nitrogens with two attached hydrogens (primary N) is 1. The molecule has 1 aromatic heterocycles. The van der Waals surface area contributed by atoms with E-state index in [0.29, 0.717) is 11.5 Å². The summed E-state index contributed by atoms with van der Waals surface area (Å²) in [5, 5.41) is 3.12. The fourth-order valence-corrected chi connectivity index (χ4v) is 2.34. The smallest absolute Gasteiger partial charge is 0.244 e. The SMILES string of the molecule is Cc1ccc(N)c(NC(C)C(=O)N2CCCCC2)n1. The molecule has 1 aromatic rings. The van der Waals surface area contributed by atoms with E-state index in [0.717, 1.165) is 31.6 Å². The van der Waals surface area contributed by atoms with Crippen molar-refractivity contribution in [2.75, 3.05) is 24.1 Å². The number of carbonyl (C=O) groups is 1. The van der Waals surface area contributed by atoms with Gasteiger partial charge in [0.25, 0.3) is 0 Å². The van der Waals surface area contributed by atoms with Gasteiger partial charge in [-0.3, -0.25) is 4.79 Å². The van der Waals surface area contributed by atoms with Crippen molar-refractivity contribution in [3.63, 3.8) is 0 Å². The molecule has 0 aliphatic carbocycles. The van der Waals surface area contributed by atoms with E-state index < -0.39 is 0 Å². The van der Waals surface area contributed by atoms with Crippen molar-refractivity contribution < 1.29 is 4.79 Å². The van der Waals surface area contributed by atoms with Gasteiger partial charge in [-0.05, 0) is 45.2 Å². The third kappa shape index (κ3) is 3.36. The number of hydrogen-bond donors (Lipinski definition) is 2. The fraction of sp³-hybridized carbons (Fsp3) is 0.571. The van der Waals surface area contributed by atoms with Crippen molar-refractivity contribution in [3.8, 4) is 0 Å². The van der Waals surface area contributed by atoms with Gasteiger partial charge in [0.1, 0.15) is 11.9 Å². The Morgan fingerprint density at radius 3 is 2.74 bits per heavy atom. The molecule has 19 heavy (non-hydrogen) atoms. The summed E-state index contributed by atoms with van der Waals surface area (Å²) in [5.74, 6) is 0.722. The zero-order chi connectivity index (χ0) is 13.8. The molecule has 0 aromatic carbocycles. The molecular formula is C14H22N4O. The third-order valence-electron chi connectivity index (χ3n) is 3.46. The lowest BCUT2D eigenvalue weighted by atomic mass is 10.1. The lowest BCUT2D eigenvalue weighted by Crippen LogP contribution is -2.44. The molecule has 0 radical (unpaired) electrons. The maximum absolute atomic E-state index is 12.3. The minimum Gasteiger partial charge on any atom is -0.396 e. The van der Waals surface area contributed by atoms with Crippen molar-refractivity contribution in [2.45, 2.75) is 39.2 Å². The van der Waals surface area contributed by atoms with Gasteiger partial charge in [-0.2, -0.15) is 0 Å². The van der Waals surface area contributed by atoms with Crippen LogP contribution in [0.3, 0.4) is 0 Å². The number of rotatable bonds is 3. The first-order chi connectivity index (χ1) is 9.08. The Balaban J connectivity index is 2.01. The Hall–Kier alpha value is -1.78. The van der Waals surface area contributed by atoms with Crippen LogP contribution in [0.15, 0.2) is 12.1 Å². The van der Waals surface area contributed by atoms with Gasteiger partial charge in [-0.25, -0.2) is 4.98 Å². The van der Waals surface area contributed by atoms with Crippen LogP contribution in [0.2, 0.25) is 0 Å². The molecule has 0 spiro atoms. The molecule has 0 bridgehead atoms. The van der Waals surface area contributed by atoms with Gasteiger partial charge < -0.3 is 16.0 Å². The molecule has 5 nitrogen and oxygen atoms in total. The summed E-state index contributed by atoms with van der Waals surface area (Å²) >= 11 is 0. The third-order valence-corrected chi connectivity index (χ3v) is 3.46. The van der Waals surface area contributed by atoms with E-state index in [1.54, 1.807) is 0 Å². The van der Waals surface area contributed by atoms with Gasteiger partial charge in [0.05, 0.1) is 5.69 Å². The topological polar surface area (TPSA) is 71.2 Å². The Morgan fingerprint density at radius 2 is 2.05 bits per heavy atom. The van der Waals surface area contributed by atoms with Crippen LogP contribution in [0.25, 0.3) is 0 Å². The van der Waals surface area contributed by atoms with Gasteiger partial charge >= 0.3 is 0 Å². The van der Waals surface area contributed by atoms with Crippen molar-refractivity contribution in [1.29, 1.82) is 0 Å². The molecule has 3 N–H and O–H groups in total. The van der Waals surface area contributed by atoms with Gasteiger partial charge in [0.2, 0.25) is 5.91 Å². The standard InChI is InChI=1S/C14H22N4O/c1-10-6-7-12(15)13(16-10)17-11(2)14(19)18-8-4-3-5-9-18/h6-7,11H,3-5,8-9,15H2,1-2H3,(H,16,17). The second-order valence-corrected chi connectivity index (χ2v) is 5.14. The molecule has 1 aliphatic rings. The first kappa shape index (κ1) is 13.6. The maximum Gasteiger partial charge on any atom is 0.244 e. The molecule has 0 saturated carbocycles. The number of pyridine rings is 1. The molecule has 1 amide bonds. The quantitative estimate of drug-likeness (QED) is 0.871. The summed E-state index contributed by atoms with van der Waals surface area (Å²) in [6.45, 7) is 5.49. The normalized spacial score (nSPS) is 17.1. The van der Waals surface area contributed by atoms with Crippen LogP contribution >= 0.6 is 0 Å². The number of nitrogens with one attached hydrogen (secondary N) is 1. The highest BCUT2D eigenvalue weighted by molar-refractivity contribution is 5.85. The number of aromatic nitrogens is 1. The largest absolute Gasteiger partial charge is 0.396 e. The number of nitrogens with zero attached hydrogens (tertiary/aromatic N) is 2. The molecule has 1 saturated heterocycles. The second-order valence-electron chi connectivity index (χ2n) is 5.14. The average molecular weight is 262 g/mol. The second kappa shape index (κ2) is 5.91. The first-order valence-corrected chi connectivity index (χ1v) is 6.86. The summed E-state index contributed by atoms with van der Waals surface area (Å²) in [7, 11) is 0. The van der Waals surface area contributed by atoms with Crippen LogP contribution in [0.5, 0.6) is 0 Å². The Bertz CT molecular complexity index is 455. The van der Waals surface area contributed by atoms with Gasteiger partial charge in [0.15, 0.2) is 0 Å². The first-order valence-electron chi connectivity index (χ1n) is 6.86. The number of hydrogen-bond acceptors (Lipinski definition) is 4. The number of likely N-dealkylation sites (tertiary alicyclic amines) is 1. The van der Waals surface area contributed by atoms with Gasteiger partial charge in [0, 0.05) is 18.8 Å². The van der Waals surface area contributed by atoms with Crippen molar-refractivity contribution in [2.24, 2.45) is 0 Å². The molecule has 104 valence electrons. The highest BCUT2D eigenvalue weighted by Crippen LogP contribution is 2.17. The minimum atomic E-state index is -0.297. The number of nitrogen functional groups attached to an aromatic ring is 1. The molecule has 5 heteroatoms. The lowest BCUT2D eigenvalue weighted by molar-refractivity contribution is -0.132. The molecule has 1 aliphatic heterocycles. The van der Waals surface area contributed by atoms with E-state index >= 15 is 0 Å². The summed E-state index contributed by atoms with van der Waals surface area (Å²) in [6, 6.07) is 3.37. The zero-order valence-electron chi connectivity index (χ0n) is 11.6. The lowest BCUT2D eigenvalue weighted by Gasteiger charge is -2.29. The monoisotopic (exact) mass is 262 g/mol. The average Bonchev–Trinajstić information content (AvgIpc) is 2.43. The highest BCUT2D eigenvalue weighted by atomic mass is 16.2. The van der Waals surface area contributed by atoms with Gasteiger partial charge in [-0.1, -0.05) is 0 Å². The van der Waals surface area contributed by atoms with Crippen LogP contribution in [0.4, 0.5) is 11.5 Å². The Labute approximate surface area is 114 Å². The highest BCUT2D eigenvalue weighted by Gasteiger charge is 2.22. The number of aryl methyl sites for hydroxylation is 1. The number of anilines is 2. The van der Waals surface area contributed by atoms with E-state index in [1.807, 2.05) is 30.9 Å². The number of amides is 1. The summed E-state index contributed by atoms with van der Waals surface area (Å²) < 4.78 is 0. The van der Waals surface area contributed by atoms with Crippen LogP contribution in [0.1, 0.15) is 31.9 Å². The van der Waals surface area contributed by atoms with Crippen molar-refractivity contribution in [1.82, 2.24) is 9.88 Å². The zero-order valence-corrected chi connectivity index (χ0v) is 11.6. The van der Waals surface area contributed by atoms with Crippen LogP contribution in [0, 0.1) is 6.92 Å². The van der Waals surface area contributed by atoms with Crippen LogP contribution in [-0.2, 0) is 4.79 Å². The van der Waals surface area contributed by atoms with Crippen molar-refractivity contribution >= 4 is 17.4 Å². The van der Waals surface area contributed by atoms with E-state index in [9.17, 15) is 4.79 Å². The Kier molecular flexibility index (Phi) is 4.24. The molecule has 1 unspecified atom stereocenters. The predicted molar refractivity (Wildman–Crippen MR) is 76.9 cm³/mol. The number of piperidine rings is 1. The molecule has 1 atom stereocenters. The van der Waals surface area contributed by atoms with Crippen molar-refractivity contribution in [3.05, 3.63) is 17.8 Å². The minimum absolute atomic E-state index is 0.127. The van der Waals surface area contributed by atoms with Gasteiger partial charge in [-0.15, -0.1) is 0 Å². The van der Waals surface area contributed by atoms with E-state index in [-0.39, 0.29) is 11.9 Å². The van der Waals surface area contributed by atoms with Crippen LogP contribution in [-0.4, -0.2) is 34.9 Å². The molecule has 2 heterocycles. The maximum atomic E-state index is 12.3.